The van der Waals surface area contributed by atoms with Crippen LogP contribution in [-0.4, -0.2) is 23.7 Å². The van der Waals surface area contributed by atoms with Gasteiger partial charge in [-0.1, -0.05) is 20.8 Å². The molecule has 0 aliphatic carbocycles. The number of amides is 1. The summed E-state index contributed by atoms with van der Waals surface area (Å²) in [4.78, 5) is 13.0. The van der Waals surface area contributed by atoms with Crippen LogP contribution in [0.15, 0.2) is 0 Å². The van der Waals surface area contributed by atoms with Gasteiger partial charge in [-0.25, -0.2) is 0 Å². The Morgan fingerprint density at radius 1 is 1.50 bits per heavy atom. The van der Waals surface area contributed by atoms with Gasteiger partial charge in [-0.3, -0.25) is 10.2 Å². The third-order valence-electron chi connectivity index (χ3n) is 2.67. The second-order valence-electron chi connectivity index (χ2n) is 3.84. The van der Waals surface area contributed by atoms with Crippen LogP contribution in [0.25, 0.3) is 0 Å². The Morgan fingerprint density at radius 2 is 2.00 bits per heavy atom. The quantitative estimate of drug-likeness (QED) is 0.631. The van der Waals surface area contributed by atoms with E-state index in [1.54, 1.807) is 7.05 Å². The Balaban J connectivity index is 2.91. The lowest BCUT2D eigenvalue weighted by atomic mass is 9.86. The predicted molar refractivity (Wildman–Crippen MR) is 48.0 cm³/mol. The van der Waals surface area contributed by atoms with Gasteiger partial charge >= 0.3 is 0 Å². The summed E-state index contributed by atoms with van der Waals surface area (Å²) in [5.41, 5.74) is 0. The van der Waals surface area contributed by atoms with Gasteiger partial charge in [0.15, 0.2) is 0 Å². The fourth-order valence-corrected chi connectivity index (χ4v) is 1.89. The van der Waals surface area contributed by atoms with E-state index < -0.39 is 0 Å². The number of hydrogen-bond donors (Lipinski definition) is 1. The van der Waals surface area contributed by atoms with Gasteiger partial charge in [0.1, 0.15) is 5.84 Å². The fraction of sp³-hybridized carbons (Fsp3) is 0.778. The van der Waals surface area contributed by atoms with Crippen molar-refractivity contribution in [1.82, 2.24) is 4.90 Å². The molecule has 0 spiro atoms. The van der Waals surface area contributed by atoms with Crippen molar-refractivity contribution in [3.8, 4) is 0 Å². The van der Waals surface area contributed by atoms with Crippen LogP contribution in [0.4, 0.5) is 0 Å². The molecule has 0 radical (unpaired) electrons. The topological polar surface area (TPSA) is 44.2 Å². The molecule has 0 bridgehead atoms. The van der Waals surface area contributed by atoms with E-state index >= 15 is 0 Å². The molecule has 3 nitrogen and oxygen atoms in total. The molecule has 1 rings (SSSR count). The standard InChI is InChI=1S/C9H16N2O/c1-5(2)7-6(3)8(10)11(4)9(7)12/h5-7,10H,1-4H3. The summed E-state index contributed by atoms with van der Waals surface area (Å²) in [6.07, 6.45) is 0. The second-order valence-corrected chi connectivity index (χ2v) is 3.84. The van der Waals surface area contributed by atoms with E-state index in [0.29, 0.717) is 11.8 Å². The predicted octanol–water partition coefficient (Wildman–Crippen LogP) is 1.34. The van der Waals surface area contributed by atoms with E-state index in [1.807, 2.05) is 20.8 Å². The lowest BCUT2D eigenvalue weighted by Crippen LogP contribution is -2.26. The van der Waals surface area contributed by atoms with Crippen molar-refractivity contribution >= 4 is 11.7 Å². The highest BCUT2D eigenvalue weighted by Gasteiger charge is 2.41. The molecule has 12 heavy (non-hydrogen) atoms. The third kappa shape index (κ3) is 1.13. The van der Waals surface area contributed by atoms with Crippen molar-refractivity contribution in [3.05, 3.63) is 0 Å². The van der Waals surface area contributed by atoms with Crippen LogP contribution in [0, 0.1) is 23.2 Å². The molecule has 1 aliphatic rings. The Morgan fingerprint density at radius 3 is 2.17 bits per heavy atom. The number of carbonyl (C=O) groups is 1. The smallest absolute Gasteiger partial charge is 0.231 e. The zero-order valence-electron chi connectivity index (χ0n) is 8.09. The number of nitrogens with zero attached hydrogens (tertiary/aromatic N) is 1. The number of nitrogens with one attached hydrogen (secondary N) is 1. The minimum absolute atomic E-state index is 0.0162. The van der Waals surface area contributed by atoms with E-state index in [4.69, 9.17) is 5.41 Å². The Kier molecular flexibility index (Phi) is 2.22. The van der Waals surface area contributed by atoms with Crippen LogP contribution in [0.1, 0.15) is 20.8 Å². The molecule has 1 saturated heterocycles. The van der Waals surface area contributed by atoms with Gasteiger partial charge in [-0.2, -0.15) is 0 Å². The Labute approximate surface area is 73.3 Å². The largest absolute Gasteiger partial charge is 0.303 e. The monoisotopic (exact) mass is 168 g/mol. The lowest BCUT2D eigenvalue weighted by molar-refractivity contribution is -0.130. The first kappa shape index (κ1) is 9.23. The molecule has 2 atom stereocenters. The van der Waals surface area contributed by atoms with Crippen molar-refractivity contribution < 1.29 is 4.79 Å². The van der Waals surface area contributed by atoms with Crippen molar-refractivity contribution in [2.75, 3.05) is 7.05 Å². The van der Waals surface area contributed by atoms with Crippen LogP contribution >= 0.6 is 0 Å². The molecule has 1 N–H and O–H groups in total. The zero-order chi connectivity index (χ0) is 9.46. The molecule has 0 aromatic rings. The molecular weight excluding hydrogens is 152 g/mol. The highest BCUT2D eigenvalue weighted by atomic mass is 16.2. The van der Waals surface area contributed by atoms with Crippen molar-refractivity contribution in [2.45, 2.75) is 20.8 Å². The van der Waals surface area contributed by atoms with E-state index in [1.165, 1.54) is 4.90 Å². The number of likely N-dealkylation sites (tertiary alicyclic amines) is 1. The summed E-state index contributed by atoms with van der Waals surface area (Å²) < 4.78 is 0. The number of carbonyl (C=O) groups excluding carboxylic acids is 1. The van der Waals surface area contributed by atoms with Crippen molar-refractivity contribution in [3.63, 3.8) is 0 Å². The molecule has 1 amide bonds. The van der Waals surface area contributed by atoms with Gasteiger partial charge in [0.25, 0.3) is 0 Å². The van der Waals surface area contributed by atoms with Gasteiger partial charge in [-0.15, -0.1) is 0 Å². The number of rotatable bonds is 1. The highest BCUT2D eigenvalue weighted by molar-refractivity contribution is 6.05. The maximum atomic E-state index is 11.6. The molecule has 2 unspecified atom stereocenters. The summed E-state index contributed by atoms with van der Waals surface area (Å²) in [6, 6.07) is 0. The molecule has 1 heterocycles. The minimum atomic E-state index is 0.0162. The van der Waals surface area contributed by atoms with E-state index in [0.717, 1.165) is 0 Å². The normalized spacial score (nSPS) is 30.6. The third-order valence-corrected chi connectivity index (χ3v) is 2.67. The van der Waals surface area contributed by atoms with Crippen LogP contribution in [0.5, 0.6) is 0 Å². The second kappa shape index (κ2) is 2.88. The van der Waals surface area contributed by atoms with E-state index in [9.17, 15) is 4.79 Å². The number of hydrogen-bond acceptors (Lipinski definition) is 2. The average Bonchev–Trinajstić information content (AvgIpc) is 2.16. The van der Waals surface area contributed by atoms with Crippen LogP contribution < -0.4 is 0 Å². The Hall–Kier alpha value is -0.860. The molecule has 1 aliphatic heterocycles. The van der Waals surface area contributed by atoms with Gasteiger partial charge in [0, 0.05) is 13.0 Å². The summed E-state index contributed by atoms with van der Waals surface area (Å²) >= 11 is 0. The average molecular weight is 168 g/mol. The fourth-order valence-electron chi connectivity index (χ4n) is 1.89. The summed E-state index contributed by atoms with van der Waals surface area (Å²) in [7, 11) is 1.68. The maximum absolute atomic E-state index is 11.6. The zero-order valence-corrected chi connectivity index (χ0v) is 8.09. The van der Waals surface area contributed by atoms with Gasteiger partial charge in [-0.05, 0) is 5.92 Å². The first-order valence-electron chi connectivity index (χ1n) is 4.32. The highest BCUT2D eigenvalue weighted by Crippen LogP contribution is 2.30. The first-order chi connectivity index (χ1) is 5.46. The summed E-state index contributed by atoms with van der Waals surface area (Å²) in [5, 5.41) is 7.62. The molecule has 0 saturated carbocycles. The molecule has 68 valence electrons. The number of amidine groups is 1. The van der Waals surface area contributed by atoms with Gasteiger partial charge in [0.2, 0.25) is 5.91 Å². The Bertz CT molecular complexity index is 223. The van der Waals surface area contributed by atoms with Crippen molar-refractivity contribution in [1.29, 1.82) is 5.41 Å². The van der Waals surface area contributed by atoms with Crippen LogP contribution in [0.2, 0.25) is 0 Å². The lowest BCUT2D eigenvalue weighted by Gasteiger charge is -2.14. The maximum Gasteiger partial charge on any atom is 0.231 e. The van der Waals surface area contributed by atoms with Gasteiger partial charge < -0.3 is 4.90 Å². The van der Waals surface area contributed by atoms with Crippen LogP contribution in [0.3, 0.4) is 0 Å². The molecule has 0 aromatic carbocycles. The molecule has 0 aromatic heterocycles. The summed E-state index contributed by atoms with van der Waals surface area (Å²) in [6.45, 7) is 6.02. The van der Waals surface area contributed by atoms with Gasteiger partial charge in [0.05, 0.1) is 5.92 Å². The first-order valence-corrected chi connectivity index (χ1v) is 4.32. The minimum Gasteiger partial charge on any atom is -0.303 e. The van der Waals surface area contributed by atoms with Crippen LogP contribution in [-0.2, 0) is 4.79 Å². The molecule has 1 fully saturated rings. The van der Waals surface area contributed by atoms with E-state index in [2.05, 4.69) is 0 Å². The summed E-state index contributed by atoms with van der Waals surface area (Å²) in [5.74, 6) is 0.990. The molecule has 3 heteroatoms. The SMILES string of the molecule is CC(C)C1C(=O)N(C)C(=N)C1C. The van der Waals surface area contributed by atoms with E-state index in [-0.39, 0.29) is 17.7 Å². The van der Waals surface area contributed by atoms with Crippen molar-refractivity contribution in [2.24, 2.45) is 17.8 Å². The molecular formula is C9H16N2O.